The molecule has 2 N–H and O–H groups in total. The third-order valence-corrected chi connectivity index (χ3v) is 5.59. The van der Waals surface area contributed by atoms with Crippen molar-refractivity contribution in [2.24, 2.45) is 5.92 Å². The molecule has 1 aliphatic rings. The highest BCUT2D eigenvalue weighted by Gasteiger charge is 2.31. The number of fused-ring (bicyclic) bond motifs is 3. The average Bonchev–Trinajstić information content (AvgIpc) is 3.33. The summed E-state index contributed by atoms with van der Waals surface area (Å²) in [4.78, 5) is 32.3. The number of rotatable bonds is 7. The Labute approximate surface area is 182 Å². The Kier molecular flexibility index (Phi) is 6.21. The van der Waals surface area contributed by atoms with Gasteiger partial charge in [0.15, 0.2) is 0 Å². The van der Waals surface area contributed by atoms with Gasteiger partial charge in [0.05, 0.1) is 11.0 Å². The van der Waals surface area contributed by atoms with Gasteiger partial charge < -0.3 is 15.2 Å². The summed E-state index contributed by atoms with van der Waals surface area (Å²) in [6.07, 6.45) is 1.33. The zero-order chi connectivity index (χ0) is 21.8. The van der Waals surface area contributed by atoms with E-state index in [2.05, 4.69) is 29.5 Å². The Hall–Kier alpha value is -3.35. The van der Waals surface area contributed by atoms with Gasteiger partial charge in [0.1, 0.15) is 6.04 Å². The first-order valence-corrected chi connectivity index (χ1v) is 10.9. The van der Waals surface area contributed by atoms with Crippen LogP contribution in [0.1, 0.15) is 25.8 Å². The molecule has 7 nitrogen and oxygen atoms in total. The average molecular weight is 420 g/mol. The highest BCUT2D eigenvalue weighted by molar-refractivity contribution is 5.96. The molecule has 4 rings (SSSR count). The van der Waals surface area contributed by atoms with Crippen LogP contribution in [-0.4, -0.2) is 40.6 Å². The van der Waals surface area contributed by atoms with E-state index in [1.807, 2.05) is 59.2 Å². The van der Waals surface area contributed by atoms with Crippen molar-refractivity contribution < 1.29 is 9.59 Å². The van der Waals surface area contributed by atoms with Crippen LogP contribution in [0, 0.1) is 5.92 Å². The number of anilines is 1. The SMILES string of the molecule is CC(C)CCNC(=O)[C@H](Cc1ccccc1)NC(=O)N1CCn2c1nc1ccccc12. The van der Waals surface area contributed by atoms with E-state index in [0.29, 0.717) is 37.9 Å². The quantitative estimate of drug-likeness (QED) is 0.616. The number of hydrogen-bond donors (Lipinski definition) is 2. The monoisotopic (exact) mass is 419 g/mol. The minimum atomic E-state index is -0.652. The molecule has 0 spiro atoms. The van der Waals surface area contributed by atoms with E-state index in [1.165, 1.54) is 0 Å². The molecule has 0 saturated carbocycles. The van der Waals surface area contributed by atoms with E-state index in [0.717, 1.165) is 23.0 Å². The number of hydrogen-bond acceptors (Lipinski definition) is 3. The van der Waals surface area contributed by atoms with Crippen molar-refractivity contribution in [3.63, 3.8) is 0 Å². The van der Waals surface area contributed by atoms with E-state index in [4.69, 9.17) is 0 Å². The van der Waals surface area contributed by atoms with Crippen molar-refractivity contribution in [1.29, 1.82) is 0 Å². The van der Waals surface area contributed by atoms with E-state index in [-0.39, 0.29) is 11.9 Å². The van der Waals surface area contributed by atoms with Crippen LogP contribution in [0.4, 0.5) is 10.7 Å². The summed E-state index contributed by atoms with van der Waals surface area (Å²) < 4.78 is 2.05. The number of carbonyl (C=O) groups excluding carboxylic acids is 2. The number of imidazole rings is 1. The van der Waals surface area contributed by atoms with Gasteiger partial charge in [-0.25, -0.2) is 9.78 Å². The molecule has 3 aromatic rings. The smallest absolute Gasteiger partial charge is 0.324 e. The Morgan fingerprint density at radius 2 is 1.77 bits per heavy atom. The fourth-order valence-electron chi connectivity index (χ4n) is 3.87. The molecule has 3 amide bonds. The molecule has 0 bridgehead atoms. The van der Waals surface area contributed by atoms with Gasteiger partial charge in [0, 0.05) is 26.1 Å². The molecule has 1 atom stereocenters. The normalized spacial score (nSPS) is 14.0. The van der Waals surface area contributed by atoms with E-state index >= 15 is 0 Å². The third kappa shape index (κ3) is 4.71. The molecular formula is C24H29N5O2. The standard InChI is InChI=1S/C24H29N5O2/c1-17(2)12-13-25-22(30)20(16-18-8-4-3-5-9-18)27-24(31)29-15-14-28-21-11-7-6-10-19(21)26-23(28)29/h3-11,17,20H,12-16H2,1-2H3,(H,25,30)(H,27,31)/t20-/m0/s1. The number of nitrogens with one attached hydrogen (secondary N) is 2. The summed E-state index contributed by atoms with van der Waals surface area (Å²) in [5, 5.41) is 5.93. The van der Waals surface area contributed by atoms with Gasteiger partial charge in [-0.2, -0.15) is 0 Å². The zero-order valence-electron chi connectivity index (χ0n) is 18.0. The maximum atomic E-state index is 13.2. The van der Waals surface area contributed by atoms with Gasteiger partial charge in [-0.05, 0) is 30.0 Å². The van der Waals surface area contributed by atoms with E-state index in [1.54, 1.807) is 4.90 Å². The molecular weight excluding hydrogens is 390 g/mol. The van der Waals surface area contributed by atoms with Gasteiger partial charge in [-0.15, -0.1) is 0 Å². The molecule has 0 unspecified atom stereocenters. The lowest BCUT2D eigenvalue weighted by Crippen LogP contribution is -2.52. The van der Waals surface area contributed by atoms with Crippen molar-refractivity contribution >= 4 is 28.9 Å². The largest absolute Gasteiger partial charge is 0.354 e. The van der Waals surface area contributed by atoms with E-state index in [9.17, 15) is 9.59 Å². The zero-order valence-corrected chi connectivity index (χ0v) is 18.0. The second-order valence-corrected chi connectivity index (χ2v) is 8.37. The summed E-state index contributed by atoms with van der Waals surface area (Å²) in [7, 11) is 0. The van der Waals surface area contributed by atoms with Crippen molar-refractivity contribution in [1.82, 2.24) is 20.2 Å². The molecule has 0 fully saturated rings. The van der Waals surface area contributed by atoms with Crippen molar-refractivity contribution in [3.8, 4) is 0 Å². The second-order valence-electron chi connectivity index (χ2n) is 8.37. The van der Waals surface area contributed by atoms with Crippen LogP contribution in [-0.2, 0) is 17.8 Å². The van der Waals surface area contributed by atoms with Crippen LogP contribution >= 0.6 is 0 Å². The number of para-hydroxylation sites is 2. The predicted octanol–water partition coefficient (Wildman–Crippen LogP) is 3.34. The molecule has 162 valence electrons. The van der Waals surface area contributed by atoms with Gasteiger partial charge >= 0.3 is 6.03 Å². The van der Waals surface area contributed by atoms with Gasteiger partial charge in [-0.3, -0.25) is 9.69 Å². The van der Waals surface area contributed by atoms with Gasteiger partial charge in [0.2, 0.25) is 11.9 Å². The number of amides is 3. The number of nitrogens with zero attached hydrogens (tertiary/aromatic N) is 3. The van der Waals surface area contributed by atoms with Crippen LogP contribution in [0.5, 0.6) is 0 Å². The Morgan fingerprint density at radius 1 is 1.03 bits per heavy atom. The fraction of sp³-hybridized carbons (Fsp3) is 0.375. The first kappa shape index (κ1) is 20.9. The van der Waals surface area contributed by atoms with Gasteiger partial charge in [0.25, 0.3) is 0 Å². The van der Waals surface area contributed by atoms with Crippen LogP contribution in [0.15, 0.2) is 54.6 Å². The van der Waals surface area contributed by atoms with Crippen LogP contribution in [0.3, 0.4) is 0 Å². The van der Waals surface area contributed by atoms with Crippen molar-refractivity contribution in [2.45, 2.75) is 39.3 Å². The van der Waals surface area contributed by atoms with Crippen molar-refractivity contribution in [2.75, 3.05) is 18.0 Å². The number of urea groups is 1. The molecule has 1 aliphatic heterocycles. The summed E-state index contributed by atoms with van der Waals surface area (Å²) in [5.41, 5.74) is 2.88. The Balaban J connectivity index is 1.50. The van der Waals surface area contributed by atoms with Gasteiger partial charge in [-0.1, -0.05) is 56.3 Å². The molecule has 0 aliphatic carbocycles. The maximum absolute atomic E-state index is 13.2. The molecule has 2 aromatic carbocycles. The number of aromatic nitrogens is 2. The summed E-state index contributed by atoms with van der Waals surface area (Å²) in [6.45, 7) is 6.06. The molecule has 2 heterocycles. The molecule has 1 aromatic heterocycles. The number of benzene rings is 2. The summed E-state index contributed by atoms with van der Waals surface area (Å²) >= 11 is 0. The van der Waals surface area contributed by atoms with Crippen LogP contribution in [0.2, 0.25) is 0 Å². The lowest BCUT2D eigenvalue weighted by Gasteiger charge is -2.22. The Morgan fingerprint density at radius 3 is 2.55 bits per heavy atom. The summed E-state index contributed by atoms with van der Waals surface area (Å²) in [6, 6.07) is 16.7. The van der Waals surface area contributed by atoms with Crippen molar-refractivity contribution in [3.05, 3.63) is 60.2 Å². The second kappa shape index (κ2) is 9.20. The highest BCUT2D eigenvalue weighted by atomic mass is 16.2. The van der Waals surface area contributed by atoms with Crippen LogP contribution in [0.25, 0.3) is 11.0 Å². The minimum Gasteiger partial charge on any atom is -0.354 e. The first-order chi connectivity index (χ1) is 15.0. The molecule has 7 heteroatoms. The molecule has 31 heavy (non-hydrogen) atoms. The van der Waals surface area contributed by atoms with Crippen LogP contribution < -0.4 is 15.5 Å². The number of carbonyl (C=O) groups is 2. The summed E-state index contributed by atoms with van der Waals surface area (Å²) in [5.74, 6) is 0.961. The third-order valence-electron chi connectivity index (χ3n) is 5.59. The lowest BCUT2D eigenvalue weighted by atomic mass is 10.0. The lowest BCUT2D eigenvalue weighted by molar-refractivity contribution is -0.122. The fourth-order valence-corrected chi connectivity index (χ4v) is 3.87. The molecule has 0 saturated heterocycles. The first-order valence-electron chi connectivity index (χ1n) is 10.9. The molecule has 0 radical (unpaired) electrons. The van der Waals surface area contributed by atoms with E-state index < -0.39 is 6.04 Å². The highest BCUT2D eigenvalue weighted by Crippen LogP contribution is 2.27. The Bertz CT molecular complexity index is 1060. The topological polar surface area (TPSA) is 79.3 Å². The predicted molar refractivity (Wildman–Crippen MR) is 122 cm³/mol. The maximum Gasteiger partial charge on any atom is 0.324 e. The minimum absolute atomic E-state index is 0.162.